The summed E-state index contributed by atoms with van der Waals surface area (Å²) in [5.74, 6) is -2.42. The minimum absolute atomic E-state index is 0.00969. The number of anilines is 2. The van der Waals surface area contributed by atoms with Crippen molar-refractivity contribution in [3.8, 4) is 17.2 Å². The third-order valence-corrected chi connectivity index (χ3v) is 5.50. The molecule has 0 aliphatic heterocycles. The quantitative estimate of drug-likeness (QED) is 0.336. The Morgan fingerprint density at radius 3 is 2.53 bits per heavy atom. The Hall–Kier alpha value is -4.73. The molecule has 1 aromatic carbocycles. The number of nitrogens with two attached hydrogens (primary N) is 2. The van der Waals surface area contributed by atoms with Crippen LogP contribution < -0.4 is 16.8 Å². The zero-order valence-corrected chi connectivity index (χ0v) is 18.8. The molecule has 3 heterocycles. The lowest BCUT2D eigenvalue weighted by Gasteiger charge is -2.17. The maximum atomic E-state index is 14.0. The van der Waals surface area contributed by atoms with Gasteiger partial charge in [0.05, 0.1) is 16.9 Å². The van der Waals surface area contributed by atoms with Crippen LogP contribution in [0.1, 0.15) is 36.3 Å². The number of aromatic nitrogens is 5. The number of allylic oxidation sites excluding steroid dienone is 1. The van der Waals surface area contributed by atoms with E-state index >= 15 is 0 Å². The van der Waals surface area contributed by atoms with E-state index in [2.05, 4.69) is 31.4 Å². The third kappa shape index (κ3) is 4.36. The van der Waals surface area contributed by atoms with Crippen LogP contribution in [-0.2, 0) is 6.18 Å². The predicted octanol–water partition coefficient (Wildman–Crippen LogP) is 4.20. The normalized spacial score (nSPS) is 12.9. The molecule has 5 N–H and O–H groups in total. The molecule has 0 amide bonds. The Labute approximate surface area is 202 Å². The van der Waals surface area contributed by atoms with Gasteiger partial charge in [0.15, 0.2) is 5.82 Å². The van der Waals surface area contributed by atoms with Crippen LogP contribution in [0.25, 0.3) is 16.6 Å². The van der Waals surface area contributed by atoms with Crippen LogP contribution in [0.5, 0.6) is 0 Å². The molecule has 9 nitrogen and oxygen atoms in total. The summed E-state index contributed by atoms with van der Waals surface area (Å²) in [6.07, 6.45) is 0.187. The number of nitriles is 1. The van der Waals surface area contributed by atoms with Gasteiger partial charge in [0.25, 0.3) is 0 Å². The molecule has 36 heavy (non-hydrogen) atoms. The number of halogens is 4. The molecule has 0 fully saturated rings. The maximum Gasteiger partial charge on any atom is 0.451 e. The number of hydrogen-bond donors (Lipinski definition) is 3. The molecule has 0 aliphatic carbocycles. The van der Waals surface area contributed by atoms with E-state index in [0.717, 1.165) is 12.4 Å². The number of nitrogens with one attached hydrogen (secondary N) is 1. The summed E-state index contributed by atoms with van der Waals surface area (Å²) in [5, 5.41) is 17.2. The van der Waals surface area contributed by atoms with Gasteiger partial charge in [-0.3, -0.25) is 0 Å². The summed E-state index contributed by atoms with van der Waals surface area (Å²) < 4.78 is 54.3. The zero-order chi connectivity index (χ0) is 26.0. The van der Waals surface area contributed by atoms with Crippen molar-refractivity contribution >= 4 is 17.0 Å². The first kappa shape index (κ1) is 24.4. The van der Waals surface area contributed by atoms with Crippen LogP contribution in [0.15, 0.2) is 54.9 Å². The van der Waals surface area contributed by atoms with Crippen LogP contribution >= 0.6 is 0 Å². The fraction of sp³-hybridized carbons (Fsp3) is 0.174. The van der Waals surface area contributed by atoms with E-state index in [4.69, 9.17) is 11.5 Å². The Morgan fingerprint density at radius 1 is 1.22 bits per heavy atom. The van der Waals surface area contributed by atoms with Gasteiger partial charge in [-0.05, 0) is 18.6 Å². The van der Waals surface area contributed by atoms with Gasteiger partial charge in [-0.1, -0.05) is 19.1 Å². The molecule has 4 rings (SSSR count). The first-order valence-corrected chi connectivity index (χ1v) is 10.6. The minimum Gasteiger partial charge on any atom is -0.400 e. The van der Waals surface area contributed by atoms with Gasteiger partial charge in [-0.15, -0.1) is 0 Å². The van der Waals surface area contributed by atoms with Gasteiger partial charge >= 0.3 is 6.18 Å². The average molecular weight is 497 g/mol. The van der Waals surface area contributed by atoms with Crippen molar-refractivity contribution < 1.29 is 17.6 Å². The van der Waals surface area contributed by atoms with Crippen molar-refractivity contribution in [2.45, 2.75) is 25.4 Å². The maximum absolute atomic E-state index is 14.0. The molecule has 0 spiro atoms. The highest BCUT2D eigenvalue weighted by Crippen LogP contribution is 2.40. The lowest BCUT2D eigenvalue weighted by Crippen LogP contribution is -2.16. The summed E-state index contributed by atoms with van der Waals surface area (Å²) >= 11 is 0. The highest BCUT2D eigenvalue weighted by Gasteiger charge is 2.35. The summed E-state index contributed by atoms with van der Waals surface area (Å²) in [6, 6.07) is 8.11. The minimum atomic E-state index is -4.73. The predicted molar refractivity (Wildman–Crippen MR) is 123 cm³/mol. The number of alkyl halides is 3. The Bertz CT molecular complexity index is 1480. The van der Waals surface area contributed by atoms with Crippen molar-refractivity contribution in [3.63, 3.8) is 0 Å². The monoisotopic (exact) mass is 497 g/mol. The first-order chi connectivity index (χ1) is 17.2. The van der Waals surface area contributed by atoms with Gasteiger partial charge in [0, 0.05) is 41.3 Å². The lowest BCUT2D eigenvalue weighted by molar-refractivity contribution is -0.144. The average Bonchev–Trinajstić information content (AvgIpc) is 3.19. The number of nitrogens with zero attached hydrogens (tertiary/aromatic N) is 6. The van der Waals surface area contributed by atoms with Crippen LogP contribution in [0.2, 0.25) is 0 Å². The van der Waals surface area contributed by atoms with Gasteiger partial charge in [0.1, 0.15) is 23.7 Å². The van der Waals surface area contributed by atoms with Gasteiger partial charge < -0.3 is 16.8 Å². The van der Waals surface area contributed by atoms with Crippen molar-refractivity contribution in [3.05, 3.63) is 77.8 Å². The van der Waals surface area contributed by atoms with Crippen molar-refractivity contribution in [2.24, 2.45) is 5.73 Å². The molecule has 3 aromatic heterocycles. The summed E-state index contributed by atoms with van der Waals surface area (Å²) in [6.45, 7) is 1.82. The van der Waals surface area contributed by atoms with E-state index in [1.54, 1.807) is 12.1 Å². The van der Waals surface area contributed by atoms with E-state index < -0.39 is 23.7 Å². The Morgan fingerprint density at radius 2 is 1.92 bits per heavy atom. The van der Waals surface area contributed by atoms with Crippen LogP contribution in [0, 0.1) is 17.1 Å². The fourth-order valence-corrected chi connectivity index (χ4v) is 3.88. The molecule has 0 aliphatic rings. The standard InChI is InChI=1S/C23H19F4N9/c1-2-13(16(29)10-31-17-6-4-3-5-15(17)24)19-14(7-28)18(20-21(30)34-11-35-36(19)20)12-8-32-22(33-9-12)23(25,26)27/h3-6,8-11,13,31H,2,29H2,1H3,(H2,30,34,35)/b16-10-. The number of fused-ring (bicyclic) bond motifs is 1. The molecule has 1 atom stereocenters. The summed E-state index contributed by atoms with van der Waals surface area (Å²) in [4.78, 5) is 10.8. The first-order valence-electron chi connectivity index (χ1n) is 10.6. The topological polar surface area (TPSA) is 144 Å². The van der Waals surface area contributed by atoms with E-state index in [1.807, 2.05) is 6.92 Å². The molecular formula is C23H19F4N9. The Balaban J connectivity index is 1.88. The van der Waals surface area contributed by atoms with Crippen LogP contribution in [0.3, 0.4) is 0 Å². The molecule has 0 radical (unpaired) electrons. The highest BCUT2D eigenvalue weighted by atomic mass is 19.4. The second kappa shape index (κ2) is 9.49. The Kier molecular flexibility index (Phi) is 6.43. The van der Waals surface area contributed by atoms with Gasteiger partial charge in [0.2, 0.25) is 5.82 Å². The van der Waals surface area contributed by atoms with E-state index in [9.17, 15) is 22.8 Å². The molecule has 4 aromatic rings. The third-order valence-electron chi connectivity index (χ3n) is 5.50. The SMILES string of the molecule is CCC(/C(N)=C/Nc1ccccc1F)c1c(C#N)c(-c2cnc(C(F)(F)F)nc2)c2c(N)ncnn12. The van der Waals surface area contributed by atoms with Gasteiger partial charge in [-0.2, -0.15) is 23.5 Å². The van der Waals surface area contributed by atoms with Crippen molar-refractivity contribution in [1.82, 2.24) is 24.6 Å². The van der Waals surface area contributed by atoms with Crippen molar-refractivity contribution in [2.75, 3.05) is 11.1 Å². The smallest absolute Gasteiger partial charge is 0.400 e. The van der Waals surface area contributed by atoms with E-state index in [0.29, 0.717) is 12.1 Å². The number of benzene rings is 1. The van der Waals surface area contributed by atoms with E-state index in [1.165, 1.54) is 29.2 Å². The molecule has 13 heteroatoms. The lowest BCUT2D eigenvalue weighted by atomic mass is 9.93. The second-order valence-electron chi connectivity index (χ2n) is 7.68. The molecule has 1 unspecified atom stereocenters. The van der Waals surface area contributed by atoms with Crippen LogP contribution in [0.4, 0.5) is 29.1 Å². The molecule has 0 bridgehead atoms. The number of para-hydroxylation sites is 1. The summed E-state index contributed by atoms with van der Waals surface area (Å²) in [5.41, 5.74) is 13.8. The van der Waals surface area contributed by atoms with Crippen LogP contribution in [-0.4, -0.2) is 24.6 Å². The molecule has 0 saturated heterocycles. The molecule has 0 saturated carbocycles. The summed E-state index contributed by atoms with van der Waals surface area (Å²) in [7, 11) is 0. The van der Waals surface area contributed by atoms with E-state index in [-0.39, 0.29) is 39.4 Å². The number of hydrogen-bond acceptors (Lipinski definition) is 8. The fourth-order valence-electron chi connectivity index (χ4n) is 3.88. The zero-order valence-electron chi connectivity index (χ0n) is 18.8. The number of rotatable bonds is 6. The van der Waals surface area contributed by atoms with Crippen molar-refractivity contribution in [1.29, 1.82) is 5.26 Å². The molecular weight excluding hydrogens is 478 g/mol. The highest BCUT2D eigenvalue weighted by molar-refractivity contribution is 5.92. The molecule has 184 valence electrons. The number of nitrogen functional groups attached to an aromatic ring is 1. The second-order valence-corrected chi connectivity index (χ2v) is 7.68. The largest absolute Gasteiger partial charge is 0.451 e. The van der Waals surface area contributed by atoms with Gasteiger partial charge in [-0.25, -0.2) is 23.9 Å².